The molecule has 0 unspecified atom stereocenters. The molecule has 0 bridgehead atoms. The minimum Gasteiger partial charge on any atom is -0.398 e. The second kappa shape index (κ2) is 15.0. The topological polar surface area (TPSA) is 134 Å². The normalized spacial score (nSPS) is 11.4. The number of likely N-dealkylation sites (N-methyl/N-ethyl adjacent to an activating group) is 1. The van der Waals surface area contributed by atoms with Crippen molar-refractivity contribution in [3.8, 4) is 0 Å². The van der Waals surface area contributed by atoms with Gasteiger partial charge < -0.3 is 20.9 Å². The van der Waals surface area contributed by atoms with Crippen molar-refractivity contribution < 1.29 is 8.42 Å². The number of anilines is 2. The van der Waals surface area contributed by atoms with Gasteiger partial charge in [0.25, 0.3) is 10.0 Å². The van der Waals surface area contributed by atoms with Crippen LogP contribution < -0.4 is 15.8 Å². The number of rotatable bonds is 12. The molecule has 5 aromatic rings. The number of halogens is 2. The van der Waals surface area contributed by atoms with E-state index in [1.165, 1.54) is 4.31 Å². The molecule has 45 heavy (non-hydrogen) atoms. The lowest BCUT2D eigenvalue weighted by atomic mass is 10.1. The monoisotopic (exact) mass is 669 g/mol. The molecule has 4 aromatic carbocycles. The van der Waals surface area contributed by atoms with E-state index in [0.29, 0.717) is 47.2 Å². The molecule has 0 aliphatic rings. The molecule has 12 heteroatoms. The molecule has 0 saturated heterocycles. The summed E-state index contributed by atoms with van der Waals surface area (Å²) in [6, 6.07) is 24.0. The van der Waals surface area contributed by atoms with E-state index in [0.717, 1.165) is 41.9 Å². The van der Waals surface area contributed by atoms with Gasteiger partial charge in [0, 0.05) is 48.6 Å². The predicted molar refractivity (Wildman–Crippen MR) is 191 cm³/mol. The van der Waals surface area contributed by atoms with Gasteiger partial charge in [-0.15, -0.1) is 24.8 Å². The number of fused-ring (bicyclic) bond motifs is 2. The second-order valence-corrected chi connectivity index (χ2v) is 12.5. The van der Waals surface area contributed by atoms with E-state index in [9.17, 15) is 8.42 Å². The van der Waals surface area contributed by atoms with Crippen LogP contribution in [0.4, 0.5) is 11.4 Å². The minimum absolute atomic E-state index is 0. The SMILES string of the molecule is CCN(CC)CCN(c1ccc2c(c1)nc(CCc1ccc(C(=N)N)cc1)n2C)S(=O)(=O)c1cccc2c(N)cccc12.Cl.Cl. The van der Waals surface area contributed by atoms with Gasteiger partial charge in [-0.1, -0.05) is 62.4 Å². The van der Waals surface area contributed by atoms with E-state index < -0.39 is 10.0 Å². The number of hydrogen-bond donors (Lipinski definition) is 3. The van der Waals surface area contributed by atoms with Crippen molar-refractivity contribution in [3.05, 3.63) is 95.8 Å². The standard InChI is InChI=1S/C33H39N7O2S.2ClH/c1-4-39(5-2)20-21-40(43(41,42)31-11-7-8-26-27(31)9-6-10-28(26)34)25-17-18-30-29(22-25)37-32(38(30)3)19-14-23-12-15-24(16-13-23)33(35)36;;/h6-13,15-18,22H,4-5,14,19-21,34H2,1-3H3,(H3,35,36);2*1H. The number of nitrogen functional groups attached to an aromatic ring is 2. The third-order valence-corrected chi connectivity index (χ3v) is 10.0. The van der Waals surface area contributed by atoms with Crippen molar-refractivity contribution in [2.45, 2.75) is 31.6 Å². The Morgan fingerprint density at radius 1 is 0.889 bits per heavy atom. The van der Waals surface area contributed by atoms with Crippen LogP contribution in [0.2, 0.25) is 0 Å². The van der Waals surface area contributed by atoms with Crippen LogP contribution in [0.5, 0.6) is 0 Å². The second-order valence-electron chi connectivity index (χ2n) is 10.7. The largest absolute Gasteiger partial charge is 0.398 e. The van der Waals surface area contributed by atoms with Crippen LogP contribution in [0.3, 0.4) is 0 Å². The van der Waals surface area contributed by atoms with E-state index in [2.05, 4.69) is 23.3 Å². The fourth-order valence-electron chi connectivity index (χ4n) is 5.53. The summed E-state index contributed by atoms with van der Waals surface area (Å²) in [5.41, 5.74) is 16.4. The summed E-state index contributed by atoms with van der Waals surface area (Å²) >= 11 is 0. The molecule has 0 spiro atoms. The van der Waals surface area contributed by atoms with Gasteiger partial charge in [-0.05, 0) is 55.4 Å². The van der Waals surface area contributed by atoms with E-state index >= 15 is 0 Å². The van der Waals surface area contributed by atoms with Crippen molar-refractivity contribution in [2.24, 2.45) is 12.8 Å². The van der Waals surface area contributed by atoms with Crippen LogP contribution >= 0.6 is 24.8 Å². The zero-order valence-corrected chi connectivity index (χ0v) is 28.2. The molecule has 240 valence electrons. The molecule has 5 rings (SSSR count). The van der Waals surface area contributed by atoms with E-state index in [1.807, 2.05) is 61.6 Å². The molecule has 1 aromatic heterocycles. The van der Waals surface area contributed by atoms with Crippen LogP contribution in [-0.2, 0) is 29.9 Å². The Bertz CT molecular complexity index is 1890. The number of imidazole rings is 1. The van der Waals surface area contributed by atoms with Crippen molar-refractivity contribution >= 4 is 73.9 Å². The first-order valence-electron chi connectivity index (χ1n) is 14.5. The van der Waals surface area contributed by atoms with Gasteiger partial charge in [-0.2, -0.15) is 0 Å². The number of hydrogen-bond acceptors (Lipinski definition) is 6. The lowest BCUT2D eigenvalue weighted by Crippen LogP contribution is -2.39. The first kappa shape index (κ1) is 35.6. The summed E-state index contributed by atoms with van der Waals surface area (Å²) in [5.74, 6) is 0.959. The average Bonchev–Trinajstić information content (AvgIpc) is 3.32. The first-order valence-corrected chi connectivity index (χ1v) is 16.0. The summed E-state index contributed by atoms with van der Waals surface area (Å²) in [7, 11) is -1.96. The predicted octanol–water partition coefficient (Wildman–Crippen LogP) is 5.76. The molecular formula is C33H41Cl2N7O2S. The Balaban J connectivity index is 0.00000276. The molecule has 9 nitrogen and oxygen atoms in total. The smallest absolute Gasteiger partial charge is 0.264 e. The highest BCUT2D eigenvalue weighted by atomic mass is 35.5. The summed E-state index contributed by atoms with van der Waals surface area (Å²) < 4.78 is 32.4. The Labute approximate surface area is 277 Å². The van der Waals surface area contributed by atoms with Crippen LogP contribution in [-0.4, -0.2) is 54.9 Å². The molecule has 0 aliphatic carbocycles. The minimum atomic E-state index is -3.94. The van der Waals surface area contributed by atoms with Gasteiger partial charge >= 0.3 is 0 Å². The average molecular weight is 671 g/mol. The van der Waals surface area contributed by atoms with Gasteiger partial charge in [0.2, 0.25) is 0 Å². The fraction of sp³-hybridized carbons (Fsp3) is 0.273. The van der Waals surface area contributed by atoms with Crippen molar-refractivity contribution in [1.82, 2.24) is 14.5 Å². The highest BCUT2D eigenvalue weighted by molar-refractivity contribution is 7.93. The van der Waals surface area contributed by atoms with Gasteiger partial charge in [0.15, 0.2) is 0 Å². The van der Waals surface area contributed by atoms with Crippen molar-refractivity contribution in [2.75, 3.05) is 36.2 Å². The number of amidine groups is 1. The van der Waals surface area contributed by atoms with Gasteiger partial charge in [-0.25, -0.2) is 13.4 Å². The molecular weight excluding hydrogens is 629 g/mol. The molecule has 0 atom stereocenters. The van der Waals surface area contributed by atoms with Crippen LogP contribution in [0, 0.1) is 5.41 Å². The summed E-state index contributed by atoms with van der Waals surface area (Å²) in [4.78, 5) is 7.36. The summed E-state index contributed by atoms with van der Waals surface area (Å²) in [6.07, 6.45) is 1.48. The van der Waals surface area contributed by atoms with E-state index in [1.54, 1.807) is 24.3 Å². The fourth-order valence-corrected chi connectivity index (χ4v) is 7.19. The van der Waals surface area contributed by atoms with Crippen LogP contribution in [0.1, 0.15) is 30.8 Å². The van der Waals surface area contributed by atoms with Gasteiger partial charge in [0.05, 0.1) is 21.6 Å². The maximum absolute atomic E-state index is 14.4. The Morgan fingerprint density at radius 3 is 2.22 bits per heavy atom. The van der Waals surface area contributed by atoms with Crippen LogP contribution in [0.25, 0.3) is 21.8 Å². The van der Waals surface area contributed by atoms with Gasteiger partial charge in [0.1, 0.15) is 11.7 Å². The quantitative estimate of drug-likeness (QED) is 0.0879. The highest BCUT2D eigenvalue weighted by Crippen LogP contribution is 2.33. The number of aryl methyl sites for hydroxylation is 3. The number of nitrogens with zero attached hydrogens (tertiary/aromatic N) is 4. The summed E-state index contributed by atoms with van der Waals surface area (Å²) in [5, 5.41) is 8.91. The van der Waals surface area contributed by atoms with Crippen molar-refractivity contribution in [3.63, 3.8) is 0 Å². The number of aromatic nitrogens is 2. The Morgan fingerprint density at radius 2 is 1.56 bits per heavy atom. The maximum Gasteiger partial charge on any atom is 0.264 e. The Hall–Kier alpha value is -3.83. The third-order valence-electron chi connectivity index (χ3n) is 8.14. The van der Waals surface area contributed by atoms with E-state index in [4.69, 9.17) is 21.9 Å². The maximum atomic E-state index is 14.4. The lowest BCUT2D eigenvalue weighted by Gasteiger charge is -2.28. The number of benzene rings is 4. The molecule has 0 radical (unpaired) electrons. The third kappa shape index (κ3) is 7.36. The Kier molecular flexibility index (Phi) is 11.9. The zero-order chi connectivity index (χ0) is 30.7. The molecule has 0 fully saturated rings. The van der Waals surface area contributed by atoms with Crippen molar-refractivity contribution in [1.29, 1.82) is 5.41 Å². The van der Waals surface area contributed by atoms with Gasteiger partial charge in [-0.3, -0.25) is 9.71 Å². The zero-order valence-electron chi connectivity index (χ0n) is 25.7. The van der Waals surface area contributed by atoms with E-state index in [-0.39, 0.29) is 35.5 Å². The lowest BCUT2D eigenvalue weighted by molar-refractivity contribution is 0.313. The molecule has 1 heterocycles. The molecule has 0 amide bonds. The highest BCUT2D eigenvalue weighted by Gasteiger charge is 2.28. The number of sulfonamides is 1. The molecule has 5 N–H and O–H groups in total. The van der Waals surface area contributed by atoms with Crippen LogP contribution in [0.15, 0.2) is 83.8 Å². The number of nitrogens with one attached hydrogen (secondary N) is 1. The first-order chi connectivity index (χ1) is 20.6. The number of nitrogens with two attached hydrogens (primary N) is 2. The molecule has 0 aliphatic heterocycles. The molecule has 0 saturated carbocycles. The summed E-state index contributed by atoms with van der Waals surface area (Å²) in [6.45, 7) is 6.70.